The Hall–Kier alpha value is -1.30. The van der Waals surface area contributed by atoms with Gasteiger partial charge in [0.25, 0.3) is 0 Å². The first-order valence-corrected chi connectivity index (χ1v) is 6.15. The van der Waals surface area contributed by atoms with Crippen LogP contribution in [0.5, 0.6) is 0 Å². The van der Waals surface area contributed by atoms with Gasteiger partial charge in [-0.1, -0.05) is 23.7 Å². The van der Waals surface area contributed by atoms with Gasteiger partial charge < -0.3 is 0 Å². The van der Waals surface area contributed by atoms with Crippen LogP contribution < -0.4 is 0 Å². The second-order valence-electron chi connectivity index (χ2n) is 3.56. The molecule has 0 saturated heterocycles. The summed E-state index contributed by atoms with van der Waals surface area (Å²) in [5.41, 5.74) is 1.14. The van der Waals surface area contributed by atoms with Gasteiger partial charge in [-0.2, -0.15) is 5.26 Å². The molecule has 0 bridgehead atoms. The second-order valence-corrected chi connectivity index (χ2v) is 5.11. The summed E-state index contributed by atoms with van der Waals surface area (Å²) >= 11 is 7.50. The number of thiophene rings is 1. The van der Waals surface area contributed by atoms with Crippen LogP contribution in [0.1, 0.15) is 17.7 Å². The molecule has 1 nitrogen and oxygen atoms in total. The summed E-state index contributed by atoms with van der Waals surface area (Å²) in [5, 5.41) is 9.59. The van der Waals surface area contributed by atoms with E-state index in [0.29, 0.717) is 0 Å². The molecule has 0 aliphatic heterocycles. The zero-order valence-corrected chi connectivity index (χ0v) is 10.3. The number of rotatable bonds is 2. The van der Waals surface area contributed by atoms with Gasteiger partial charge in [0.2, 0.25) is 0 Å². The van der Waals surface area contributed by atoms with Crippen molar-refractivity contribution in [3.8, 4) is 16.5 Å². The van der Waals surface area contributed by atoms with E-state index in [9.17, 15) is 0 Å². The Morgan fingerprint density at radius 3 is 2.50 bits per heavy atom. The molecule has 1 aromatic heterocycles. The third-order valence-electron chi connectivity index (χ3n) is 2.38. The standard InChI is InChI=1S/C13H10ClNS/c1-9(8-15)12-6-7-13(16-12)10-2-4-11(14)5-3-10/h2-7,9H,1H3. The van der Waals surface area contributed by atoms with Crippen molar-refractivity contribution in [2.24, 2.45) is 0 Å². The molecule has 1 aromatic carbocycles. The van der Waals surface area contributed by atoms with Gasteiger partial charge in [-0.25, -0.2) is 0 Å². The molecule has 0 radical (unpaired) electrons. The number of halogens is 1. The van der Waals surface area contributed by atoms with E-state index in [1.54, 1.807) is 11.3 Å². The number of nitrogens with zero attached hydrogens (tertiary/aromatic N) is 1. The molecule has 16 heavy (non-hydrogen) atoms. The molecule has 3 heteroatoms. The van der Waals surface area contributed by atoms with Crippen LogP contribution in [0, 0.1) is 11.3 Å². The maximum atomic E-state index is 8.84. The Morgan fingerprint density at radius 1 is 1.19 bits per heavy atom. The lowest BCUT2D eigenvalue weighted by Gasteiger charge is -1.98. The monoisotopic (exact) mass is 247 g/mol. The number of benzene rings is 1. The lowest BCUT2D eigenvalue weighted by atomic mass is 10.1. The Labute approximate surface area is 104 Å². The summed E-state index contributed by atoms with van der Waals surface area (Å²) in [7, 11) is 0. The van der Waals surface area contributed by atoms with E-state index in [1.165, 1.54) is 4.88 Å². The average Bonchev–Trinajstić information content (AvgIpc) is 2.78. The molecule has 0 fully saturated rings. The quantitative estimate of drug-likeness (QED) is 0.755. The Bertz CT molecular complexity index is 522. The van der Waals surface area contributed by atoms with Crippen LogP contribution >= 0.6 is 22.9 Å². The molecule has 1 heterocycles. The third-order valence-corrected chi connectivity index (χ3v) is 3.94. The molecule has 0 N–H and O–H groups in total. The van der Waals surface area contributed by atoms with E-state index in [4.69, 9.17) is 16.9 Å². The van der Waals surface area contributed by atoms with Crippen LogP contribution in [0.25, 0.3) is 10.4 Å². The topological polar surface area (TPSA) is 23.8 Å². The van der Waals surface area contributed by atoms with E-state index in [-0.39, 0.29) is 5.92 Å². The van der Waals surface area contributed by atoms with Crippen molar-refractivity contribution in [1.82, 2.24) is 0 Å². The summed E-state index contributed by atoms with van der Waals surface area (Å²) in [6.45, 7) is 1.91. The maximum absolute atomic E-state index is 8.84. The second kappa shape index (κ2) is 4.69. The number of hydrogen-bond acceptors (Lipinski definition) is 2. The summed E-state index contributed by atoms with van der Waals surface area (Å²) in [4.78, 5) is 2.28. The highest BCUT2D eigenvalue weighted by Gasteiger charge is 2.08. The average molecular weight is 248 g/mol. The number of hydrogen-bond donors (Lipinski definition) is 0. The van der Waals surface area contributed by atoms with Crippen LogP contribution in [-0.4, -0.2) is 0 Å². The molecule has 2 rings (SSSR count). The van der Waals surface area contributed by atoms with Gasteiger partial charge in [0.15, 0.2) is 0 Å². The fourth-order valence-corrected chi connectivity index (χ4v) is 2.55. The molecule has 0 spiro atoms. The minimum atomic E-state index is -0.0361. The Morgan fingerprint density at radius 2 is 1.88 bits per heavy atom. The van der Waals surface area contributed by atoms with Crippen LogP contribution in [-0.2, 0) is 0 Å². The molecule has 1 atom stereocenters. The van der Waals surface area contributed by atoms with Crippen LogP contribution in [0.2, 0.25) is 5.02 Å². The normalized spacial score (nSPS) is 12.1. The van der Waals surface area contributed by atoms with E-state index in [0.717, 1.165) is 15.5 Å². The molecule has 1 unspecified atom stereocenters. The summed E-state index contributed by atoms with van der Waals surface area (Å²) in [6, 6.07) is 14.1. The van der Waals surface area contributed by atoms with E-state index in [2.05, 4.69) is 12.1 Å². The predicted octanol–water partition coefficient (Wildman–Crippen LogP) is 4.70. The van der Waals surface area contributed by atoms with Crippen molar-refractivity contribution in [1.29, 1.82) is 5.26 Å². The van der Waals surface area contributed by atoms with Gasteiger partial charge in [0.1, 0.15) is 0 Å². The molecule has 2 aromatic rings. The van der Waals surface area contributed by atoms with Gasteiger partial charge in [0, 0.05) is 14.8 Å². The summed E-state index contributed by atoms with van der Waals surface area (Å²) < 4.78 is 0. The lowest BCUT2D eigenvalue weighted by Crippen LogP contribution is -1.81. The lowest BCUT2D eigenvalue weighted by molar-refractivity contribution is 1.01. The minimum Gasteiger partial charge on any atom is -0.198 e. The van der Waals surface area contributed by atoms with Crippen molar-refractivity contribution < 1.29 is 0 Å². The largest absolute Gasteiger partial charge is 0.198 e. The van der Waals surface area contributed by atoms with Crippen LogP contribution in [0.3, 0.4) is 0 Å². The highest BCUT2D eigenvalue weighted by Crippen LogP contribution is 2.32. The van der Waals surface area contributed by atoms with Crippen molar-refractivity contribution in [2.75, 3.05) is 0 Å². The minimum absolute atomic E-state index is 0.0361. The first kappa shape index (κ1) is 11.2. The first-order chi connectivity index (χ1) is 7.70. The van der Waals surface area contributed by atoms with E-state index in [1.807, 2.05) is 37.3 Å². The zero-order valence-electron chi connectivity index (χ0n) is 8.77. The number of nitriles is 1. The maximum Gasteiger partial charge on any atom is 0.0778 e. The van der Waals surface area contributed by atoms with Gasteiger partial charge in [-0.3, -0.25) is 0 Å². The third kappa shape index (κ3) is 2.27. The van der Waals surface area contributed by atoms with Crippen LogP contribution in [0.15, 0.2) is 36.4 Å². The summed E-state index contributed by atoms with van der Waals surface area (Å²) in [5.74, 6) is -0.0361. The smallest absolute Gasteiger partial charge is 0.0778 e. The first-order valence-electron chi connectivity index (χ1n) is 4.96. The summed E-state index contributed by atoms with van der Waals surface area (Å²) in [6.07, 6.45) is 0. The van der Waals surface area contributed by atoms with Crippen molar-refractivity contribution in [3.05, 3.63) is 46.3 Å². The predicted molar refractivity (Wildman–Crippen MR) is 68.8 cm³/mol. The highest BCUT2D eigenvalue weighted by atomic mass is 35.5. The molecule has 0 saturated carbocycles. The molecule has 0 aliphatic rings. The molecule has 0 amide bonds. The fraction of sp³-hybridized carbons (Fsp3) is 0.154. The van der Waals surface area contributed by atoms with Crippen molar-refractivity contribution in [3.63, 3.8) is 0 Å². The SMILES string of the molecule is CC(C#N)c1ccc(-c2ccc(Cl)cc2)s1. The van der Waals surface area contributed by atoms with E-state index < -0.39 is 0 Å². The zero-order chi connectivity index (χ0) is 11.5. The Balaban J connectivity index is 2.32. The molecule has 80 valence electrons. The van der Waals surface area contributed by atoms with E-state index >= 15 is 0 Å². The fourth-order valence-electron chi connectivity index (χ4n) is 1.42. The Kier molecular flexibility index (Phi) is 3.28. The van der Waals surface area contributed by atoms with Gasteiger partial charge in [0.05, 0.1) is 12.0 Å². The molecular weight excluding hydrogens is 238 g/mol. The van der Waals surface area contributed by atoms with Crippen molar-refractivity contribution in [2.45, 2.75) is 12.8 Å². The van der Waals surface area contributed by atoms with Gasteiger partial charge >= 0.3 is 0 Å². The van der Waals surface area contributed by atoms with Gasteiger partial charge in [-0.05, 0) is 36.8 Å². The van der Waals surface area contributed by atoms with Gasteiger partial charge in [-0.15, -0.1) is 11.3 Å². The highest BCUT2D eigenvalue weighted by molar-refractivity contribution is 7.15. The molecular formula is C13H10ClNS. The van der Waals surface area contributed by atoms with Crippen molar-refractivity contribution >= 4 is 22.9 Å². The van der Waals surface area contributed by atoms with Crippen LogP contribution in [0.4, 0.5) is 0 Å². The molecule has 0 aliphatic carbocycles.